The van der Waals surface area contributed by atoms with Crippen molar-refractivity contribution in [1.82, 2.24) is 14.9 Å². The van der Waals surface area contributed by atoms with Crippen molar-refractivity contribution in [2.45, 2.75) is 44.9 Å². The SMILES string of the molecule is O=c1[nH]c(C2CC2)nc2c1CN(Cc1ccccc1OC(F)F)CC2. The zero-order chi connectivity index (χ0) is 17.4. The number of nitrogens with one attached hydrogen (secondary N) is 1. The first-order valence-electron chi connectivity index (χ1n) is 8.47. The Morgan fingerprint density at radius 1 is 1.32 bits per heavy atom. The van der Waals surface area contributed by atoms with Crippen LogP contribution in [0.25, 0.3) is 0 Å². The van der Waals surface area contributed by atoms with Crippen LogP contribution in [0.15, 0.2) is 29.1 Å². The predicted octanol–water partition coefficient (Wildman–Crippen LogP) is 2.81. The fourth-order valence-corrected chi connectivity index (χ4v) is 3.27. The molecule has 1 fully saturated rings. The number of ether oxygens (including phenoxy) is 1. The maximum absolute atomic E-state index is 12.5. The summed E-state index contributed by atoms with van der Waals surface area (Å²) in [5.74, 6) is 1.40. The van der Waals surface area contributed by atoms with E-state index in [0.717, 1.165) is 30.9 Å². The number of hydrogen-bond acceptors (Lipinski definition) is 4. The Morgan fingerprint density at radius 2 is 2.12 bits per heavy atom. The van der Waals surface area contributed by atoms with Gasteiger partial charge in [0.05, 0.1) is 11.3 Å². The second-order valence-electron chi connectivity index (χ2n) is 6.60. The highest BCUT2D eigenvalue weighted by Gasteiger charge is 2.29. The minimum absolute atomic E-state index is 0.0753. The first kappa shape index (κ1) is 16.2. The molecule has 1 aromatic carbocycles. The molecule has 0 radical (unpaired) electrons. The highest BCUT2D eigenvalue weighted by atomic mass is 19.3. The van der Waals surface area contributed by atoms with Gasteiger partial charge in [0, 0.05) is 37.5 Å². The number of para-hydroxylation sites is 1. The molecule has 1 aliphatic heterocycles. The lowest BCUT2D eigenvalue weighted by Gasteiger charge is -2.28. The van der Waals surface area contributed by atoms with Crippen molar-refractivity contribution in [3.63, 3.8) is 0 Å². The topological polar surface area (TPSA) is 58.2 Å². The van der Waals surface area contributed by atoms with Gasteiger partial charge in [-0.3, -0.25) is 9.69 Å². The van der Waals surface area contributed by atoms with Gasteiger partial charge in [0.25, 0.3) is 5.56 Å². The lowest BCUT2D eigenvalue weighted by Crippen LogP contribution is -2.35. The summed E-state index contributed by atoms with van der Waals surface area (Å²) in [5.41, 5.74) is 2.17. The summed E-state index contributed by atoms with van der Waals surface area (Å²) in [6.45, 7) is -1.20. The standard InChI is InChI=1S/C18H19F2N3O2/c19-18(20)25-15-4-2-1-3-12(15)9-23-8-7-14-13(10-23)17(24)22-16(21-14)11-5-6-11/h1-4,11,18H,5-10H2,(H,21,22,24). The fourth-order valence-electron chi connectivity index (χ4n) is 3.27. The smallest absolute Gasteiger partial charge is 0.387 e. The number of hydrogen-bond donors (Lipinski definition) is 1. The molecule has 2 aliphatic rings. The second kappa shape index (κ2) is 6.55. The normalized spacial score (nSPS) is 17.6. The summed E-state index contributed by atoms with van der Waals surface area (Å²) >= 11 is 0. The van der Waals surface area contributed by atoms with Gasteiger partial charge in [-0.25, -0.2) is 4.98 Å². The zero-order valence-electron chi connectivity index (χ0n) is 13.7. The van der Waals surface area contributed by atoms with Crippen LogP contribution in [0.2, 0.25) is 0 Å². The third-order valence-electron chi connectivity index (χ3n) is 4.71. The van der Waals surface area contributed by atoms with Crippen LogP contribution >= 0.6 is 0 Å². The van der Waals surface area contributed by atoms with Gasteiger partial charge in [-0.2, -0.15) is 8.78 Å². The molecule has 2 heterocycles. The average Bonchev–Trinajstić information content (AvgIpc) is 3.41. The number of aromatic nitrogens is 2. The summed E-state index contributed by atoms with van der Waals surface area (Å²) in [5, 5.41) is 0. The van der Waals surface area contributed by atoms with E-state index in [1.807, 2.05) is 0 Å². The summed E-state index contributed by atoms with van der Waals surface area (Å²) < 4.78 is 29.7. The van der Waals surface area contributed by atoms with E-state index in [2.05, 4.69) is 19.6 Å². The van der Waals surface area contributed by atoms with E-state index in [0.29, 0.717) is 36.6 Å². The number of fused-ring (bicyclic) bond motifs is 1. The highest BCUT2D eigenvalue weighted by molar-refractivity contribution is 5.33. The fraction of sp³-hybridized carbons (Fsp3) is 0.444. The first-order chi connectivity index (χ1) is 12.1. The third-order valence-corrected chi connectivity index (χ3v) is 4.71. The predicted molar refractivity (Wildman–Crippen MR) is 87.7 cm³/mol. The molecule has 0 amide bonds. The van der Waals surface area contributed by atoms with E-state index in [9.17, 15) is 13.6 Å². The Balaban J connectivity index is 1.52. The first-order valence-corrected chi connectivity index (χ1v) is 8.47. The van der Waals surface area contributed by atoms with Crippen LogP contribution in [0.5, 0.6) is 5.75 Å². The molecule has 5 nitrogen and oxygen atoms in total. The largest absolute Gasteiger partial charge is 0.434 e. The molecule has 25 heavy (non-hydrogen) atoms. The molecule has 0 unspecified atom stereocenters. The van der Waals surface area contributed by atoms with Crippen LogP contribution in [0, 0.1) is 0 Å². The number of halogens is 2. The molecule has 0 spiro atoms. The summed E-state index contributed by atoms with van der Waals surface area (Å²) in [7, 11) is 0. The summed E-state index contributed by atoms with van der Waals surface area (Å²) in [6.07, 6.45) is 2.88. The lowest BCUT2D eigenvalue weighted by atomic mass is 10.1. The Kier molecular flexibility index (Phi) is 4.25. The van der Waals surface area contributed by atoms with Crippen molar-refractivity contribution in [2.75, 3.05) is 6.54 Å². The number of alkyl halides is 2. The average molecular weight is 347 g/mol. The quantitative estimate of drug-likeness (QED) is 0.904. The molecule has 1 aliphatic carbocycles. The molecule has 0 bridgehead atoms. The van der Waals surface area contributed by atoms with Gasteiger partial charge in [-0.15, -0.1) is 0 Å². The van der Waals surface area contributed by atoms with Crippen LogP contribution in [-0.4, -0.2) is 28.0 Å². The third kappa shape index (κ3) is 3.56. The molecule has 0 saturated heterocycles. The maximum Gasteiger partial charge on any atom is 0.387 e. The number of rotatable bonds is 5. The van der Waals surface area contributed by atoms with Crippen LogP contribution in [0.4, 0.5) is 8.78 Å². The monoisotopic (exact) mass is 347 g/mol. The highest BCUT2D eigenvalue weighted by Crippen LogP contribution is 2.37. The Morgan fingerprint density at radius 3 is 2.88 bits per heavy atom. The van der Waals surface area contributed by atoms with E-state index in [1.165, 1.54) is 6.07 Å². The number of benzene rings is 1. The van der Waals surface area contributed by atoms with Crippen molar-refractivity contribution in [1.29, 1.82) is 0 Å². The number of H-pyrrole nitrogens is 1. The molecule has 7 heteroatoms. The molecule has 4 rings (SSSR count). The van der Waals surface area contributed by atoms with Gasteiger partial charge < -0.3 is 9.72 Å². The number of aromatic amines is 1. The van der Waals surface area contributed by atoms with Crippen LogP contribution in [0.1, 0.15) is 41.4 Å². The van der Waals surface area contributed by atoms with Crippen molar-refractivity contribution < 1.29 is 13.5 Å². The van der Waals surface area contributed by atoms with Gasteiger partial charge >= 0.3 is 6.61 Å². The lowest BCUT2D eigenvalue weighted by molar-refractivity contribution is -0.0508. The van der Waals surface area contributed by atoms with Gasteiger partial charge in [-0.1, -0.05) is 18.2 Å². The number of nitrogens with zero attached hydrogens (tertiary/aromatic N) is 2. The zero-order valence-corrected chi connectivity index (χ0v) is 13.7. The van der Waals surface area contributed by atoms with Gasteiger partial charge in [0.15, 0.2) is 0 Å². The van der Waals surface area contributed by atoms with E-state index < -0.39 is 6.61 Å². The van der Waals surface area contributed by atoms with Gasteiger partial charge in [0.1, 0.15) is 11.6 Å². The minimum atomic E-state index is -2.85. The van der Waals surface area contributed by atoms with Gasteiger partial charge in [0.2, 0.25) is 0 Å². The van der Waals surface area contributed by atoms with Crippen molar-refractivity contribution in [3.8, 4) is 5.75 Å². The molecule has 1 saturated carbocycles. The Labute approximate surface area is 143 Å². The molecular formula is C18H19F2N3O2. The van der Waals surface area contributed by atoms with Crippen molar-refractivity contribution in [2.24, 2.45) is 0 Å². The van der Waals surface area contributed by atoms with Crippen LogP contribution in [-0.2, 0) is 19.5 Å². The van der Waals surface area contributed by atoms with Gasteiger partial charge in [-0.05, 0) is 18.9 Å². The molecular weight excluding hydrogens is 328 g/mol. The summed E-state index contributed by atoms with van der Waals surface area (Å²) in [4.78, 5) is 22.0. The van der Waals surface area contributed by atoms with Crippen LogP contribution in [0.3, 0.4) is 0 Å². The van der Waals surface area contributed by atoms with Crippen molar-refractivity contribution >= 4 is 0 Å². The molecule has 132 valence electrons. The second-order valence-corrected chi connectivity index (χ2v) is 6.60. The Hall–Kier alpha value is -2.28. The molecule has 1 N–H and O–H groups in total. The van der Waals surface area contributed by atoms with E-state index in [-0.39, 0.29) is 11.3 Å². The minimum Gasteiger partial charge on any atom is -0.434 e. The van der Waals surface area contributed by atoms with Crippen molar-refractivity contribution in [3.05, 3.63) is 57.3 Å². The Bertz CT molecular complexity index is 833. The maximum atomic E-state index is 12.5. The van der Waals surface area contributed by atoms with E-state index in [4.69, 9.17) is 0 Å². The summed E-state index contributed by atoms with van der Waals surface area (Å²) in [6, 6.07) is 6.77. The molecule has 0 atom stereocenters. The molecule has 1 aromatic heterocycles. The van der Waals surface area contributed by atoms with Crippen LogP contribution < -0.4 is 10.3 Å². The van der Waals surface area contributed by atoms with E-state index in [1.54, 1.807) is 18.2 Å². The van der Waals surface area contributed by atoms with E-state index >= 15 is 0 Å². The molecule has 2 aromatic rings.